The quantitative estimate of drug-likeness (QED) is 0.809. The first-order chi connectivity index (χ1) is 9.06. The number of benzene rings is 1. The Labute approximate surface area is 113 Å². The summed E-state index contributed by atoms with van der Waals surface area (Å²) in [5, 5.41) is 2.87. The van der Waals surface area contributed by atoms with Crippen molar-refractivity contribution in [1.29, 1.82) is 0 Å². The number of hydrogen-bond donors (Lipinski definition) is 2. The zero-order valence-electron chi connectivity index (χ0n) is 11.5. The van der Waals surface area contributed by atoms with Gasteiger partial charge in [-0.25, -0.2) is 0 Å². The SMILES string of the molecule is CC(C)Oc1cc(N2CCNC(=O)CC2)ccc1N. The van der Waals surface area contributed by atoms with Gasteiger partial charge in [-0.3, -0.25) is 4.79 Å². The predicted octanol–water partition coefficient (Wildman–Crippen LogP) is 1.38. The summed E-state index contributed by atoms with van der Waals surface area (Å²) < 4.78 is 5.69. The number of nitrogen functional groups attached to an aromatic ring is 1. The molecule has 0 aromatic heterocycles. The zero-order valence-corrected chi connectivity index (χ0v) is 11.5. The van der Waals surface area contributed by atoms with Crippen LogP contribution in [0.15, 0.2) is 18.2 Å². The lowest BCUT2D eigenvalue weighted by atomic mass is 10.2. The molecule has 0 saturated carbocycles. The Morgan fingerprint density at radius 3 is 2.89 bits per heavy atom. The van der Waals surface area contributed by atoms with Gasteiger partial charge in [0.15, 0.2) is 0 Å². The van der Waals surface area contributed by atoms with Crippen molar-refractivity contribution in [3.8, 4) is 5.75 Å². The summed E-state index contributed by atoms with van der Waals surface area (Å²) in [6.07, 6.45) is 0.606. The molecule has 1 fully saturated rings. The molecule has 1 heterocycles. The van der Waals surface area contributed by atoms with Gasteiger partial charge in [-0.1, -0.05) is 0 Å². The topological polar surface area (TPSA) is 67.6 Å². The van der Waals surface area contributed by atoms with Crippen molar-refractivity contribution in [3.63, 3.8) is 0 Å². The molecule has 0 spiro atoms. The van der Waals surface area contributed by atoms with Gasteiger partial charge < -0.3 is 20.7 Å². The summed E-state index contributed by atoms with van der Waals surface area (Å²) >= 11 is 0. The van der Waals surface area contributed by atoms with E-state index in [-0.39, 0.29) is 12.0 Å². The highest BCUT2D eigenvalue weighted by molar-refractivity contribution is 5.77. The van der Waals surface area contributed by atoms with Gasteiger partial charge in [0.05, 0.1) is 11.8 Å². The van der Waals surface area contributed by atoms with E-state index >= 15 is 0 Å². The molecule has 19 heavy (non-hydrogen) atoms. The van der Waals surface area contributed by atoms with Gasteiger partial charge in [-0.05, 0) is 26.0 Å². The van der Waals surface area contributed by atoms with Crippen LogP contribution in [0.5, 0.6) is 5.75 Å². The van der Waals surface area contributed by atoms with Crippen molar-refractivity contribution in [1.82, 2.24) is 5.32 Å². The number of ether oxygens (including phenoxy) is 1. The molecule has 0 aliphatic carbocycles. The molecule has 1 aromatic rings. The number of rotatable bonds is 3. The van der Waals surface area contributed by atoms with E-state index in [0.29, 0.717) is 24.4 Å². The number of nitrogens with two attached hydrogens (primary N) is 1. The number of carbonyl (C=O) groups is 1. The van der Waals surface area contributed by atoms with Crippen LogP contribution in [-0.4, -0.2) is 31.6 Å². The van der Waals surface area contributed by atoms with Crippen molar-refractivity contribution in [2.45, 2.75) is 26.4 Å². The first-order valence-electron chi connectivity index (χ1n) is 6.64. The highest BCUT2D eigenvalue weighted by Crippen LogP contribution is 2.28. The van der Waals surface area contributed by atoms with Crippen molar-refractivity contribution >= 4 is 17.3 Å². The maximum Gasteiger partial charge on any atom is 0.221 e. The Kier molecular flexibility index (Phi) is 4.14. The lowest BCUT2D eigenvalue weighted by Crippen LogP contribution is -2.28. The highest BCUT2D eigenvalue weighted by atomic mass is 16.5. The van der Waals surface area contributed by atoms with E-state index in [1.807, 2.05) is 32.0 Å². The number of nitrogens with one attached hydrogen (secondary N) is 1. The smallest absolute Gasteiger partial charge is 0.221 e. The summed E-state index contributed by atoms with van der Waals surface area (Å²) in [6.45, 7) is 6.14. The van der Waals surface area contributed by atoms with Crippen molar-refractivity contribution in [2.24, 2.45) is 0 Å². The van der Waals surface area contributed by atoms with Crippen LogP contribution in [0.3, 0.4) is 0 Å². The minimum Gasteiger partial charge on any atom is -0.489 e. The Morgan fingerprint density at radius 1 is 1.37 bits per heavy atom. The van der Waals surface area contributed by atoms with Gasteiger partial charge in [-0.15, -0.1) is 0 Å². The molecule has 5 heteroatoms. The largest absolute Gasteiger partial charge is 0.489 e. The maximum atomic E-state index is 11.3. The molecule has 1 amide bonds. The third kappa shape index (κ3) is 3.53. The second-order valence-electron chi connectivity index (χ2n) is 4.98. The lowest BCUT2D eigenvalue weighted by Gasteiger charge is -2.23. The second-order valence-corrected chi connectivity index (χ2v) is 4.98. The summed E-state index contributed by atoms with van der Waals surface area (Å²) in [5.74, 6) is 0.813. The fraction of sp³-hybridized carbons (Fsp3) is 0.500. The van der Waals surface area contributed by atoms with Crippen LogP contribution < -0.4 is 20.7 Å². The Bertz CT molecular complexity index is 460. The molecule has 1 saturated heterocycles. The number of anilines is 2. The highest BCUT2D eigenvalue weighted by Gasteiger charge is 2.15. The van der Waals surface area contributed by atoms with E-state index in [1.54, 1.807) is 0 Å². The molecule has 1 aliphatic heterocycles. The van der Waals surface area contributed by atoms with E-state index in [9.17, 15) is 4.79 Å². The average molecular weight is 263 g/mol. The summed E-state index contributed by atoms with van der Waals surface area (Å²) in [4.78, 5) is 13.5. The molecule has 1 aliphatic rings. The fourth-order valence-corrected chi connectivity index (χ4v) is 2.10. The van der Waals surface area contributed by atoms with Crippen LogP contribution in [-0.2, 0) is 4.79 Å². The molecule has 104 valence electrons. The first-order valence-corrected chi connectivity index (χ1v) is 6.64. The van der Waals surface area contributed by atoms with Crippen LogP contribution in [0.25, 0.3) is 0 Å². The standard InChI is InChI=1S/C14H21N3O2/c1-10(2)19-13-9-11(3-4-12(13)15)17-7-5-14(18)16-6-8-17/h3-4,9-10H,5-8,15H2,1-2H3,(H,16,18). The summed E-state index contributed by atoms with van der Waals surface area (Å²) in [7, 11) is 0. The monoisotopic (exact) mass is 263 g/mol. The number of carbonyl (C=O) groups excluding carboxylic acids is 1. The van der Waals surface area contributed by atoms with E-state index < -0.39 is 0 Å². The molecule has 0 atom stereocenters. The normalized spacial score (nSPS) is 16.2. The van der Waals surface area contributed by atoms with Crippen molar-refractivity contribution in [2.75, 3.05) is 30.3 Å². The maximum absolute atomic E-state index is 11.3. The van der Waals surface area contributed by atoms with E-state index in [0.717, 1.165) is 18.8 Å². The van der Waals surface area contributed by atoms with Crippen LogP contribution >= 0.6 is 0 Å². The zero-order chi connectivity index (χ0) is 13.8. The Morgan fingerprint density at radius 2 is 2.16 bits per heavy atom. The fourth-order valence-electron chi connectivity index (χ4n) is 2.10. The van der Waals surface area contributed by atoms with Crippen molar-refractivity contribution in [3.05, 3.63) is 18.2 Å². The lowest BCUT2D eigenvalue weighted by molar-refractivity contribution is -0.120. The van der Waals surface area contributed by atoms with Gasteiger partial charge in [0.25, 0.3) is 0 Å². The van der Waals surface area contributed by atoms with Gasteiger partial charge in [0.2, 0.25) is 5.91 Å². The predicted molar refractivity (Wildman–Crippen MR) is 76.5 cm³/mol. The van der Waals surface area contributed by atoms with Gasteiger partial charge in [0, 0.05) is 37.8 Å². The Balaban J connectivity index is 2.17. The van der Waals surface area contributed by atoms with Crippen LogP contribution in [0, 0.1) is 0 Å². The molecule has 1 aromatic carbocycles. The van der Waals surface area contributed by atoms with Gasteiger partial charge in [-0.2, -0.15) is 0 Å². The summed E-state index contributed by atoms with van der Waals surface area (Å²) in [5.41, 5.74) is 7.59. The molecular formula is C14H21N3O2. The summed E-state index contributed by atoms with van der Waals surface area (Å²) in [6, 6.07) is 5.77. The molecule has 0 unspecified atom stereocenters. The molecule has 0 radical (unpaired) electrons. The molecule has 0 bridgehead atoms. The number of amides is 1. The van der Waals surface area contributed by atoms with Crippen LogP contribution in [0.1, 0.15) is 20.3 Å². The average Bonchev–Trinajstić information content (AvgIpc) is 2.56. The third-order valence-corrected chi connectivity index (χ3v) is 3.04. The second kappa shape index (κ2) is 5.82. The van der Waals surface area contributed by atoms with Gasteiger partial charge >= 0.3 is 0 Å². The van der Waals surface area contributed by atoms with E-state index in [2.05, 4.69) is 10.2 Å². The van der Waals surface area contributed by atoms with Crippen LogP contribution in [0.4, 0.5) is 11.4 Å². The van der Waals surface area contributed by atoms with Crippen LogP contribution in [0.2, 0.25) is 0 Å². The first kappa shape index (κ1) is 13.5. The third-order valence-electron chi connectivity index (χ3n) is 3.04. The number of hydrogen-bond acceptors (Lipinski definition) is 4. The minimum absolute atomic E-state index is 0.0879. The van der Waals surface area contributed by atoms with Gasteiger partial charge in [0.1, 0.15) is 5.75 Å². The van der Waals surface area contributed by atoms with Crippen molar-refractivity contribution < 1.29 is 9.53 Å². The van der Waals surface area contributed by atoms with E-state index in [1.165, 1.54) is 0 Å². The molecule has 3 N–H and O–H groups in total. The molecular weight excluding hydrogens is 242 g/mol. The molecule has 2 rings (SSSR count). The van der Waals surface area contributed by atoms with E-state index in [4.69, 9.17) is 10.5 Å². The molecule has 5 nitrogen and oxygen atoms in total. The Hall–Kier alpha value is -1.91. The minimum atomic E-state index is 0.0879. The number of nitrogens with zero attached hydrogens (tertiary/aromatic N) is 1.